The van der Waals surface area contributed by atoms with E-state index in [0.29, 0.717) is 5.92 Å². The first-order valence-corrected chi connectivity index (χ1v) is 6.95. The third-order valence-corrected chi connectivity index (χ3v) is 4.16. The lowest BCUT2D eigenvalue weighted by Gasteiger charge is -2.27. The van der Waals surface area contributed by atoms with Gasteiger partial charge in [-0.05, 0) is 18.8 Å². The van der Waals surface area contributed by atoms with Crippen LogP contribution in [0.15, 0.2) is 17.8 Å². The van der Waals surface area contributed by atoms with Crippen molar-refractivity contribution in [3.05, 3.63) is 23.5 Å². The highest BCUT2D eigenvalue weighted by Gasteiger charge is 2.22. The molecular weight excluding hydrogens is 234 g/mol. The van der Waals surface area contributed by atoms with Gasteiger partial charge in [0.2, 0.25) is 0 Å². The molecule has 0 radical (unpaired) electrons. The Bertz CT molecular complexity index is 458. The summed E-state index contributed by atoms with van der Waals surface area (Å²) < 4.78 is 7.54. The number of nitrogens with zero attached hydrogens (tertiary/aromatic N) is 2. The van der Waals surface area contributed by atoms with E-state index in [-0.39, 0.29) is 6.04 Å². The summed E-state index contributed by atoms with van der Waals surface area (Å²) >= 11 is 1.66. The second-order valence-corrected chi connectivity index (χ2v) is 5.54. The van der Waals surface area contributed by atoms with E-state index in [1.54, 1.807) is 11.3 Å². The molecule has 0 saturated carbocycles. The predicted octanol–water partition coefficient (Wildman–Crippen LogP) is 1.69. The van der Waals surface area contributed by atoms with Gasteiger partial charge in [0.1, 0.15) is 0 Å². The zero-order chi connectivity index (χ0) is 11.7. The lowest BCUT2D eigenvalue weighted by Crippen LogP contribution is -2.37. The lowest BCUT2D eigenvalue weighted by molar-refractivity contribution is 0.0449. The van der Waals surface area contributed by atoms with Crippen LogP contribution >= 0.6 is 11.3 Å². The van der Waals surface area contributed by atoms with Crippen LogP contribution in [-0.4, -0.2) is 28.6 Å². The van der Waals surface area contributed by atoms with E-state index in [0.717, 1.165) is 36.7 Å². The highest BCUT2D eigenvalue weighted by atomic mass is 32.1. The van der Waals surface area contributed by atoms with Crippen molar-refractivity contribution in [1.29, 1.82) is 0 Å². The van der Waals surface area contributed by atoms with Crippen LogP contribution in [0.2, 0.25) is 0 Å². The van der Waals surface area contributed by atoms with Crippen LogP contribution in [0, 0.1) is 5.92 Å². The van der Waals surface area contributed by atoms with Gasteiger partial charge in [-0.3, -0.25) is 4.40 Å². The summed E-state index contributed by atoms with van der Waals surface area (Å²) in [5.74, 6) is 0.489. The maximum atomic E-state index is 6.25. The Hall–Kier alpha value is -0.910. The van der Waals surface area contributed by atoms with Gasteiger partial charge in [-0.15, -0.1) is 11.3 Å². The van der Waals surface area contributed by atoms with Crippen LogP contribution in [-0.2, 0) is 11.2 Å². The molecule has 1 saturated heterocycles. The normalized spacial score (nSPS) is 23.0. The summed E-state index contributed by atoms with van der Waals surface area (Å²) in [6.07, 6.45) is 7.28. The zero-order valence-corrected chi connectivity index (χ0v) is 10.5. The SMILES string of the molecule is NC(Cc1cn2ccsc2n1)C1CCCOC1. The fourth-order valence-corrected chi connectivity index (χ4v) is 3.10. The highest BCUT2D eigenvalue weighted by Crippen LogP contribution is 2.19. The Kier molecular flexibility index (Phi) is 3.13. The molecule has 0 amide bonds. The standard InChI is InChI=1S/C12H17N3OS/c13-11(9-2-1-4-16-8-9)6-10-7-15-3-5-17-12(15)14-10/h3,5,7,9,11H,1-2,4,6,8,13H2. The van der Waals surface area contributed by atoms with Crippen molar-refractivity contribution in [1.82, 2.24) is 9.38 Å². The molecule has 2 atom stereocenters. The Balaban J connectivity index is 1.67. The number of imidazole rings is 1. The summed E-state index contributed by atoms with van der Waals surface area (Å²) in [4.78, 5) is 5.62. The van der Waals surface area contributed by atoms with Crippen molar-refractivity contribution in [3.63, 3.8) is 0 Å². The Morgan fingerprint density at radius 1 is 1.65 bits per heavy atom. The van der Waals surface area contributed by atoms with Crippen molar-refractivity contribution >= 4 is 16.3 Å². The fourth-order valence-electron chi connectivity index (χ4n) is 2.39. The third-order valence-electron chi connectivity index (χ3n) is 3.39. The number of hydrogen-bond donors (Lipinski definition) is 1. The van der Waals surface area contributed by atoms with E-state index in [1.807, 2.05) is 11.6 Å². The van der Waals surface area contributed by atoms with Gasteiger partial charge in [-0.1, -0.05) is 0 Å². The molecule has 1 aliphatic rings. The van der Waals surface area contributed by atoms with Gasteiger partial charge in [0.05, 0.1) is 12.3 Å². The van der Waals surface area contributed by atoms with E-state index in [9.17, 15) is 0 Å². The molecule has 0 aromatic carbocycles. The van der Waals surface area contributed by atoms with E-state index >= 15 is 0 Å². The molecule has 1 fully saturated rings. The van der Waals surface area contributed by atoms with E-state index in [2.05, 4.69) is 15.6 Å². The topological polar surface area (TPSA) is 52.5 Å². The highest BCUT2D eigenvalue weighted by molar-refractivity contribution is 7.15. The van der Waals surface area contributed by atoms with Crippen LogP contribution in [0.3, 0.4) is 0 Å². The van der Waals surface area contributed by atoms with Crippen LogP contribution in [0.4, 0.5) is 0 Å². The number of aromatic nitrogens is 2. The van der Waals surface area contributed by atoms with Gasteiger partial charge in [0, 0.05) is 36.8 Å². The van der Waals surface area contributed by atoms with Crippen molar-refractivity contribution in [2.45, 2.75) is 25.3 Å². The molecule has 3 rings (SSSR count). The second kappa shape index (κ2) is 4.76. The maximum absolute atomic E-state index is 6.25. The number of fused-ring (bicyclic) bond motifs is 1. The number of thiazole rings is 1. The fraction of sp³-hybridized carbons (Fsp3) is 0.583. The molecule has 0 aliphatic carbocycles. The maximum Gasteiger partial charge on any atom is 0.193 e. The molecule has 5 heteroatoms. The first-order valence-electron chi connectivity index (χ1n) is 6.07. The van der Waals surface area contributed by atoms with Gasteiger partial charge in [0.15, 0.2) is 4.96 Å². The van der Waals surface area contributed by atoms with Crippen LogP contribution in [0.25, 0.3) is 4.96 Å². The summed E-state index contributed by atoms with van der Waals surface area (Å²) in [5, 5.41) is 2.04. The average Bonchev–Trinajstić information content (AvgIpc) is 2.90. The van der Waals surface area contributed by atoms with Crippen LogP contribution in [0.1, 0.15) is 18.5 Å². The predicted molar refractivity (Wildman–Crippen MR) is 68.3 cm³/mol. The van der Waals surface area contributed by atoms with E-state index in [1.165, 1.54) is 6.42 Å². The number of hydrogen-bond acceptors (Lipinski definition) is 4. The van der Waals surface area contributed by atoms with Crippen LogP contribution < -0.4 is 5.73 Å². The molecule has 4 nitrogen and oxygen atoms in total. The van der Waals surface area contributed by atoms with Crippen molar-refractivity contribution in [2.75, 3.05) is 13.2 Å². The summed E-state index contributed by atoms with van der Waals surface area (Å²) in [6.45, 7) is 1.70. The van der Waals surface area contributed by atoms with Gasteiger partial charge in [-0.2, -0.15) is 0 Å². The smallest absolute Gasteiger partial charge is 0.193 e. The lowest BCUT2D eigenvalue weighted by atomic mass is 9.91. The van der Waals surface area contributed by atoms with Gasteiger partial charge < -0.3 is 10.5 Å². The summed E-state index contributed by atoms with van der Waals surface area (Å²) in [5.41, 5.74) is 7.34. The molecule has 2 N–H and O–H groups in total. The summed E-state index contributed by atoms with van der Waals surface area (Å²) in [6, 6.07) is 0.167. The molecule has 0 spiro atoms. The molecule has 17 heavy (non-hydrogen) atoms. The largest absolute Gasteiger partial charge is 0.381 e. The number of nitrogens with two attached hydrogens (primary N) is 1. The summed E-state index contributed by atoms with van der Waals surface area (Å²) in [7, 11) is 0. The Morgan fingerprint density at radius 2 is 2.59 bits per heavy atom. The van der Waals surface area contributed by atoms with Crippen molar-refractivity contribution in [2.24, 2.45) is 11.7 Å². The van der Waals surface area contributed by atoms with E-state index < -0.39 is 0 Å². The van der Waals surface area contributed by atoms with Gasteiger partial charge in [-0.25, -0.2) is 4.98 Å². The monoisotopic (exact) mass is 251 g/mol. The molecule has 1 aliphatic heterocycles. The van der Waals surface area contributed by atoms with Crippen molar-refractivity contribution in [3.8, 4) is 0 Å². The second-order valence-electron chi connectivity index (χ2n) is 4.67. The molecular formula is C12H17N3OS. The Labute approximate surface area is 104 Å². The third kappa shape index (κ3) is 2.36. The zero-order valence-electron chi connectivity index (χ0n) is 9.71. The van der Waals surface area contributed by atoms with Crippen molar-refractivity contribution < 1.29 is 4.74 Å². The quantitative estimate of drug-likeness (QED) is 0.903. The molecule has 0 bridgehead atoms. The molecule has 2 aromatic heterocycles. The number of ether oxygens (including phenoxy) is 1. The Morgan fingerprint density at radius 3 is 3.35 bits per heavy atom. The minimum absolute atomic E-state index is 0.167. The first-order chi connectivity index (χ1) is 8.33. The average molecular weight is 251 g/mol. The number of rotatable bonds is 3. The molecule has 3 heterocycles. The minimum Gasteiger partial charge on any atom is -0.381 e. The van der Waals surface area contributed by atoms with Gasteiger partial charge >= 0.3 is 0 Å². The minimum atomic E-state index is 0.167. The van der Waals surface area contributed by atoms with Gasteiger partial charge in [0.25, 0.3) is 0 Å². The molecule has 92 valence electrons. The molecule has 2 aromatic rings. The van der Waals surface area contributed by atoms with E-state index in [4.69, 9.17) is 10.5 Å². The molecule has 2 unspecified atom stereocenters. The van der Waals surface area contributed by atoms with Crippen LogP contribution in [0.5, 0.6) is 0 Å². The first kappa shape index (κ1) is 11.2.